The molecule has 0 spiro atoms. The van der Waals surface area contributed by atoms with Crippen molar-refractivity contribution < 1.29 is 19.0 Å². The molecular weight excluding hydrogens is 464 g/mol. The Balaban J connectivity index is 1.59. The van der Waals surface area contributed by atoms with Crippen LogP contribution in [0.4, 0.5) is 0 Å². The standard InChI is InChI=1S/C26H26N4O4S/c1-32-20-11-9-19(10-12-20)30-24(28-29-26(30)35-17-18-7-5-4-6-8-18)16-27-25(31)22-15-21(33-2)13-14-23(22)34-3/h4-15H,16-17H2,1-3H3,(H,27,31). The molecule has 0 atom stereocenters. The summed E-state index contributed by atoms with van der Waals surface area (Å²) in [6, 6.07) is 22.9. The molecule has 1 heterocycles. The predicted molar refractivity (Wildman–Crippen MR) is 135 cm³/mol. The van der Waals surface area contributed by atoms with E-state index >= 15 is 0 Å². The fraction of sp³-hybridized carbons (Fsp3) is 0.192. The van der Waals surface area contributed by atoms with Crippen molar-refractivity contribution in [2.75, 3.05) is 21.3 Å². The first-order valence-corrected chi connectivity index (χ1v) is 11.9. The van der Waals surface area contributed by atoms with E-state index in [1.165, 1.54) is 12.7 Å². The molecule has 0 bridgehead atoms. The summed E-state index contributed by atoms with van der Waals surface area (Å²) < 4.78 is 17.8. The summed E-state index contributed by atoms with van der Waals surface area (Å²) >= 11 is 1.58. The highest BCUT2D eigenvalue weighted by Crippen LogP contribution is 2.27. The molecule has 3 aromatic carbocycles. The monoisotopic (exact) mass is 490 g/mol. The minimum absolute atomic E-state index is 0.171. The zero-order chi connectivity index (χ0) is 24.6. The van der Waals surface area contributed by atoms with Crippen LogP contribution in [0.3, 0.4) is 0 Å². The Morgan fingerprint density at radius 2 is 1.60 bits per heavy atom. The number of benzene rings is 3. The number of aromatic nitrogens is 3. The van der Waals surface area contributed by atoms with Crippen molar-refractivity contribution in [3.63, 3.8) is 0 Å². The number of nitrogens with zero attached hydrogens (tertiary/aromatic N) is 3. The maximum Gasteiger partial charge on any atom is 0.255 e. The molecule has 1 amide bonds. The Morgan fingerprint density at radius 1 is 0.886 bits per heavy atom. The molecule has 1 aromatic heterocycles. The summed E-state index contributed by atoms with van der Waals surface area (Å²) in [6.07, 6.45) is 0. The maximum atomic E-state index is 13.0. The lowest BCUT2D eigenvalue weighted by Gasteiger charge is -2.13. The van der Waals surface area contributed by atoms with Gasteiger partial charge in [-0.15, -0.1) is 10.2 Å². The fourth-order valence-corrected chi connectivity index (χ4v) is 4.39. The summed E-state index contributed by atoms with van der Waals surface area (Å²) in [5.41, 5.74) is 2.43. The molecule has 0 fully saturated rings. The molecule has 8 nitrogen and oxygen atoms in total. The second-order valence-corrected chi connectivity index (χ2v) is 8.40. The van der Waals surface area contributed by atoms with E-state index in [-0.39, 0.29) is 12.5 Å². The second kappa shape index (κ2) is 11.4. The zero-order valence-electron chi connectivity index (χ0n) is 19.7. The van der Waals surface area contributed by atoms with Crippen LogP contribution < -0.4 is 19.5 Å². The second-order valence-electron chi connectivity index (χ2n) is 7.46. The van der Waals surface area contributed by atoms with E-state index in [0.717, 1.165) is 22.3 Å². The molecule has 0 aliphatic carbocycles. The predicted octanol–water partition coefficient (Wildman–Crippen LogP) is 4.52. The Kier molecular flexibility index (Phi) is 7.89. The first kappa shape index (κ1) is 24.2. The maximum absolute atomic E-state index is 13.0. The van der Waals surface area contributed by atoms with Crippen LogP contribution in [0.2, 0.25) is 0 Å². The summed E-state index contributed by atoms with van der Waals surface area (Å²) in [7, 11) is 4.70. The Bertz CT molecular complexity index is 1280. The van der Waals surface area contributed by atoms with Crippen molar-refractivity contribution in [3.8, 4) is 22.9 Å². The van der Waals surface area contributed by atoms with Crippen molar-refractivity contribution >= 4 is 17.7 Å². The zero-order valence-corrected chi connectivity index (χ0v) is 20.5. The highest BCUT2D eigenvalue weighted by molar-refractivity contribution is 7.98. The number of hydrogen-bond donors (Lipinski definition) is 1. The number of ether oxygens (including phenoxy) is 3. The summed E-state index contributed by atoms with van der Waals surface area (Å²) in [5, 5.41) is 12.4. The van der Waals surface area contributed by atoms with Gasteiger partial charge in [-0.1, -0.05) is 42.1 Å². The van der Waals surface area contributed by atoms with Gasteiger partial charge in [-0.05, 0) is 48.0 Å². The Hall–Kier alpha value is -3.98. The highest BCUT2D eigenvalue weighted by atomic mass is 32.2. The van der Waals surface area contributed by atoms with E-state index < -0.39 is 0 Å². The van der Waals surface area contributed by atoms with E-state index in [9.17, 15) is 4.79 Å². The van der Waals surface area contributed by atoms with E-state index in [1.807, 2.05) is 47.0 Å². The van der Waals surface area contributed by atoms with Gasteiger partial charge in [0, 0.05) is 11.4 Å². The molecule has 0 aliphatic heterocycles. The number of carbonyl (C=O) groups excluding carboxylic acids is 1. The van der Waals surface area contributed by atoms with Gasteiger partial charge in [-0.3, -0.25) is 9.36 Å². The van der Waals surface area contributed by atoms with Gasteiger partial charge in [0.15, 0.2) is 11.0 Å². The number of hydrogen-bond acceptors (Lipinski definition) is 7. The van der Waals surface area contributed by atoms with Gasteiger partial charge in [0.1, 0.15) is 17.2 Å². The lowest BCUT2D eigenvalue weighted by molar-refractivity contribution is 0.0946. The summed E-state index contributed by atoms with van der Waals surface area (Å²) in [5.74, 6) is 2.81. The van der Waals surface area contributed by atoms with E-state index in [2.05, 4.69) is 27.6 Å². The van der Waals surface area contributed by atoms with Gasteiger partial charge in [-0.2, -0.15) is 0 Å². The first-order valence-electron chi connectivity index (χ1n) is 10.9. The van der Waals surface area contributed by atoms with Gasteiger partial charge in [0.2, 0.25) is 0 Å². The minimum Gasteiger partial charge on any atom is -0.497 e. The van der Waals surface area contributed by atoms with Gasteiger partial charge in [-0.25, -0.2) is 0 Å². The summed E-state index contributed by atoms with van der Waals surface area (Å²) in [6.45, 7) is 0.171. The molecule has 35 heavy (non-hydrogen) atoms. The van der Waals surface area contributed by atoms with Crippen molar-refractivity contribution in [1.29, 1.82) is 0 Å². The quantitative estimate of drug-likeness (QED) is 0.327. The minimum atomic E-state index is -0.302. The van der Waals surface area contributed by atoms with Crippen LogP contribution in [0, 0.1) is 0 Å². The number of amides is 1. The number of nitrogens with one attached hydrogen (secondary N) is 1. The SMILES string of the molecule is COc1ccc(-n2c(CNC(=O)c3cc(OC)ccc3OC)nnc2SCc2ccccc2)cc1. The molecule has 0 saturated carbocycles. The number of rotatable bonds is 10. The van der Waals surface area contributed by atoms with Crippen molar-refractivity contribution in [2.24, 2.45) is 0 Å². The largest absolute Gasteiger partial charge is 0.497 e. The fourth-order valence-electron chi connectivity index (χ4n) is 3.47. The van der Waals surface area contributed by atoms with E-state index in [0.29, 0.717) is 22.9 Å². The van der Waals surface area contributed by atoms with Gasteiger partial charge >= 0.3 is 0 Å². The van der Waals surface area contributed by atoms with Crippen LogP contribution in [-0.4, -0.2) is 42.0 Å². The van der Waals surface area contributed by atoms with Gasteiger partial charge in [0.05, 0.1) is 33.4 Å². The molecule has 4 rings (SSSR count). The number of carbonyl (C=O) groups is 1. The topological polar surface area (TPSA) is 87.5 Å². The lowest BCUT2D eigenvalue weighted by atomic mass is 10.1. The molecule has 4 aromatic rings. The molecule has 0 aliphatic rings. The van der Waals surface area contributed by atoms with Crippen LogP contribution >= 0.6 is 11.8 Å². The molecule has 0 radical (unpaired) electrons. The Morgan fingerprint density at radius 3 is 2.29 bits per heavy atom. The lowest BCUT2D eigenvalue weighted by Crippen LogP contribution is -2.25. The third-order valence-electron chi connectivity index (χ3n) is 5.30. The molecule has 0 unspecified atom stereocenters. The van der Waals surface area contributed by atoms with Gasteiger partial charge < -0.3 is 19.5 Å². The van der Waals surface area contributed by atoms with Crippen molar-refractivity contribution in [1.82, 2.24) is 20.1 Å². The van der Waals surface area contributed by atoms with E-state index in [1.54, 1.807) is 44.2 Å². The molecule has 0 saturated heterocycles. The number of thioether (sulfide) groups is 1. The summed E-state index contributed by atoms with van der Waals surface area (Å²) in [4.78, 5) is 13.0. The highest BCUT2D eigenvalue weighted by Gasteiger charge is 2.18. The normalized spacial score (nSPS) is 10.6. The third kappa shape index (κ3) is 5.75. The first-order chi connectivity index (χ1) is 17.1. The molecule has 1 N–H and O–H groups in total. The average molecular weight is 491 g/mol. The van der Waals surface area contributed by atoms with Crippen LogP contribution in [-0.2, 0) is 12.3 Å². The van der Waals surface area contributed by atoms with Crippen LogP contribution in [0.15, 0.2) is 78.0 Å². The van der Waals surface area contributed by atoms with Crippen molar-refractivity contribution in [2.45, 2.75) is 17.5 Å². The molecular formula is C26H26N4O4S. The Labute approximate surface area is 208 Å². The number of methoxy groups -OCH3 is 3. The van der Waals surface area contributed by atoms with Crippen molar-refractivity contribution in [3.05, 3.63) is 89.7 Å². The van der Waals surface area contributed by atoms with Crippen LogP contribution in [0.25, 0.3) is 5.69 Å². The average Bonchev–Trinajstić information content (AvgIpc) is 3.33. The van der Waals surface area contributed by atoms with E-state index in [4.69, 9.17) is 14.2 Å². The van der Waals surface area contributed by atoms with Crippen LogP contribution in [0.1, 0.15) is 21.7 Å². The molecule has 9 heteroatoms. The third-order valence-corrected chi connectivity index (χ3v) is 6.30. The van der Waals surface area contributed by atoms with Crippen LogP contribution in [0.5, 0.6) is 17.2 Å². The molecule has 180 valence electrons. The smallest absolute Gasteiger partial charge is 0.255 e. The van der Waals surface area contributed by atoms with Gasteiger partial charge in [0.25, 0.3) is 5.91 Å².